The summed E-state index contributed by atoms with van der Waals surface area (Å²) in [4.78, 5) is 21.2. The van der Waals surface area contributed by atoms with Gasteiger partial charge in [-0.2, -0.15) is 0 Å². The van der Waals surface area contributed by atoms with Crippen LogP contribution in [0.5, 0.6) is 5.75 Å². The van der Waals surface area contributed by atoms with Crippen LogP contribution in [0, 0.1) is 12.7 Å². The zero-order valence-corrected chi connectivity index (χ0v) is 15.9. The molecule has 28 heavy (non-hydrogen) atoms. The Bertz CT molecular complexity index is 992. The number of aryl methyl sites for hydroxylation is 1. The summed E-state index contributed by atoms with van der Waals surface area (Å²) < 4.78 is 19.1. The minimum Gasteiger partial charge on any atom is -0.489 e. The van der Waals surface area contributed by atoms with Gasteiger partial charge in [0.25, 0.3) is 5.91 Å². The number of hydrogen-bond donors (Lipinski definition) is 2. The van der Waals surface area contributed by atoms with Crippen molar-refractivity contribution in [2.24, 2.45) is 0 Å². The van der Waals surface area contributed by atoms with E-state index in [1.807, 2.05) is 26.0 Å². The van der Waals surface area contributed by atoms with Crippen molar-refractivity contribution in [1.29, 1.82) is 0 Å². The molecule has 0 unspecified atom stereocenters. The average Bonchev–Trinajstić information content (AvgIpc) is 2.62. The highest BCUT2D eigenvalue weighted by molar-refractivity contribution is 6.03. The first kappa shape index (κ1) is 19.3. The predicted octanol–water partition coefficient (Wildman–Crippen LogP) is 4.71. The van der Waals surface area contributed by atoms with Crippen molar-refractivity contribution in [3.05, 3.63) is 71.8 Å². The molecule has 1 heterocycles. The van der Waals surface area contributed by atoms with E-state index >= 15 is 0 Å². The van der Waals surface area contributed by atoms with Gasteiger partial charge in [-0.25, -0.2) is 14.4 Å². The molecular formula is C21H21FN4O2. The number of halogens is 1. The van der Waals surface area contributed by atoms with E-state index in [-0.39, 0.29) is 23.6 Å². The number of benzene rings is 2. The van der Waals surface area contributed by atoms with E-state index in [0.717, 1.165) is 0 Å². The van der Waals surface area contributed by atoms with Gasteiger partial charge in [0.15, 0.2) is 0 Å². The van der Waals surface area contributed by atoms with Gasteiger partial charge in [0.1, 0.15) is 17.3 Å². The van der Waals surface area contributed by atoms with Crippen LogP contribution in [0.1, 0.15) is 30.0 Å². The normalized spacial score (nSPS) is 10.6. The van der Waals surface area contributed by atoms with Crippen LogP contribution in [-0.2, 0) is 0 Å². The number of hydrogen-bond acceptors (Lipinski definition) is 5. The van der Waals surface area contributed by atoms with Crippen LogP contribution in [0.2, 0.25) is 0 Å². The Balaban J connectivity index is 1.82. The fraction of sp³-hybridized carbons (Fsp3) is 0.190. The second-order valence-electron chi connectivity index (χ2n) is 6.47. The minimum atomic E-state index is -0.396. The molecule has 3 aromatic rings. The van der Waals surface area contributed by atoms with Gasteiger partial charge in [0.05, 0.1) is 11.8 Å². The molecule has 0 saturated heterocycles. The second-order valence-corrected chi connectivity index (χ2v) is 6.47. The number of carbonyl (C=O) groups excluding carboxylic acids is 1. The van der Waals surface area contributed by atoms with Gasteiger partial charge in [-0.05, 0) is 57.2 Å². The minimum absolute atomic E-state index is 0.0265. The number of aromatic nitrogens is 2. The molecule has 0 fully saturated rings. The van der Waals surface area contributed by atoms with E-state index in [9.17, 15) is 9.18 Å². The van der Waals surface area contributed by atoms with E-state index in [1.54, 1.807) is 37.3 Å². The highest BCUT2D eigenvalue weighted by Crippen LogP contribution is 2.25. The van der Waals surface area contributed by atoms with Gasteiger partial charge >= 0.3 is 0 Å². The Kier molecular flexibility index (Phi) is 5.84. The number of nitrogens with zero attached hydrogens (tertiary/aromatic N) is 2. The van der Waals surface area contributed by atoms with E-state index in [2.05, 4.69) is 20.6 Å². The van der Waals surface area contributed by atoms with Crippen LogP contribution in [0.3, 0.4) is 0 Å². The highest BCUT2D eigenvalue weighted by Gasteiger charge is 2.14. The van der Waals surface area contributed by atoms with Crippen molar-refractivity contribution in [3.8, 4) is 5.75 Å². The molecule has 3 rings (SSSR count). The number of anilines is 3. The van der Waals surface area contributed by atoms with E-state index in [0.29, 0.717) is 22.8 Å². The van der Waals surface area contributed by atoms with Crippen LogP contribution in [-0.4, -0.2) is 22.0 Å². The fourth-order valence-corrected chi connectivity index (χ4v) is 2.55. The maximum absolute atomic E-state index is 13.4. The fourth-order valence-electron chi connectivity index (χ4n) is 2.55. The summed E-state index contributed by atoms with van der Waals surface area (Å²) >= 11 is 0. The number of para-hydroxylation sites is 2. The molecule has 2 aromatic carbocycles. The van der Waals surface area contributed by atoms with Crippen molar-refractivity contribution >= 4 is 23.2 Å². The van der Waals surface area contributed by atoms with Crippen molar-refractivity contribution in [1.82, 2.24) is 9.97 Å². The summed E-state index contributed by atoms with van der Waals surface area (Å²) in [5.41, 5.74) is 1.83. The van der Waals surface area contributed by atoms with Crippen LogP contribution < -0.4 is 15.4 Å². The molecule has 0 saturated carbocycles. The van der Waals surface area contributed by atoms with Gasteiger partial charge in [-0.1, -0.05) is 18.2 Å². The molecule has 2 N–H and O–H groups in total. The van der Waals surface area contributed by atoms with Crippen LogP contribution in [0.25, 0.3) is 0 Å². The Labute approximate surface area is 162 Å². The molecule has 0 aliphatic rings. The van der Waals surface area contributed by atoms with E-state index < -0.39 is 5.91 Å². The molecule has 144 valence electrons. The Morgan fingerprint density at radius 1 is 1.07 bits per heavy atom. The summed E-state index contributed by atoms with van der Waals surface area (Å²) in [6.45, 7) is 5.58. The van der Waals surface area contributed by atoms with Crippen molar-refractivity contribution < 1.29 is 13.9 Å². The van der Waals surface area contributed by atoms with Crippen molar-refractivity contribution in [3.63, 3.8) is 0 Å². The molecule has 0 aliphatic carbocycles. The Hall–Kier alpha value is -3.48. The average molecular weight is 380 g/mol. The third-order valence-corrected chi connectivity index (χ3v) is 3.67. The molecular weight excluding hydrogens is 359 g/mol. The molecule has 0 atom stereocenters. The summed E-state index contributed by atoms with van der Waals surface area (Å²) in [5.74, 6) is 0.0159. The largest absolute Gasteiger partial charge is 0.489 e. The third kappa shape index (κ3) is 5.03. The topological polar surface area (TPSA) is 76.1 Å². The monoisotopic (exact) mass is 380 g/mol. The van der Waals surface area contributed by atoms with Gasteiger partial charge in [-0.15, -0.1) is 0 Å². The van der Waals surface area contributed by atoms with Crippen LogP contribution in [0.4, 0.5) is 21.7 Å². The lowest BCUT2D eigenvalue weighted by molar-refractivity contribution is 0.102. The molecule has 7 heteroatoms. The molecule has 0 aliphatic heterocycles. The Morgan fingerprint density at radius 3 is 2.61 bits per heavy atom. The van der Waals surface area contributed by atoms with Crippen LogP contribution >= 0.6 is 0 Å². The summed E-state index contributed by atoms with van der Waals surface area (Å²) in [7, 11) is 0. The highest BCUT2D eigenvalue weighted by atomic mass is 19.1. The number of ether oxygens (including phenoxy) is 1. The molecule has 0 spiro atoms. The lowest BCUT2D eigenvalue weighted by Gasteiger charge is -2.15. The summed E-state index contributed by atoms with van der Waals surface area (Å²) in [6.07, 6.45) is -0.0265. The number of rotatable bonds is 6. The van der Waals surface area contributed by atoms with Gasteiger partial charge in [0.2, 0.25) is 5.95 Å². The smallest absolute Gasteiger partial charge is 0.274 e. The first-order valence-corrected chi connectivity index (χ1v) is 8.86. The van der Waals surface area contributed by atoms with Crippen molar-refractivity contribution in [2.75, 3.05) is 10.6 Å². The zero-order valence-electron chi connectivity index (χ0n) is 15.9. The number of nitrogens with one attached hydrogen (secondary N) is 2. The zero-order chi connectivity index (χ0) is 20.1. The molecule has 6 nitrogen and oxygen atoms in total. The quantitative estimate of drug-likeness (QED) is 0.648. The lowest BCUT2D eigenvalue weighted by Crippen LogP contribution is -2.17. The Morgan fingerprint density at radius 2 is 1.86 bits per heavy atom. The summed E-state index contributed by atoms with van der Waals surface area (Å²) in [6, 6.07) is 14.7. The van der Waals surface area contributed by atoms with Gasteiger partial charge in [0, 0.05) is 11.4 Å². The first-order valence-electron chi connectivity index (χ1n) is 8.86. The van der Waals surface area contributed by atoms with Crippen molar-refractivity contribution in [2.45, 2.75) is 26.9 Å². The third-order valence-electron chi connectivity index (χ3n) is 3.67. The second kappa shape index (κ2) is 8.47. The van der Waals surface area contributed by atoms with E-state index in [1.165, 1.54) is 12.1 Å². The molecule has 0 bridgehead atoms. The van der Waals surface area contributed by atoms with Crippen LogP contribution in [0.15, 0.2) is 54.6 Å². The predicted molar refractivity (Wildman–Crippen MR) is 107 cm³/mol. The number of amides is 1. The first-order chi connectivity index (χ1) is 13.4. The maximum atomic E-state index is 13.4. The molecule has 0 radical (unpaired) electrons. The van der Waals surface area contributed by atoms with E-state index in [4.69, 9.17) is 4.74 Å². The molecule has 1 aromatic heterocycles. The standard InChI is InChI=1S/C21H21FN4O2/c1-13(2)28-19-10-5-4-9-17(19)25-20(27)18-11-14(3)23-21(26-18)24-16-8-6-7-15(22)12-16/h4-13H,1-3H3,(H,25,27)(H,23,24,26). The SMILES string of the molecule is Cc1cc(C(=O)Nc2ccccc2OC(C)C)nc(Nc2cccc(F)c2)n1. The maximum Gasteiger partial charge on any atom is 0.274 e. The van der Waals surface area contributed by atoms with Gasteiger partial charge < -0.3 is 15.4 Å². The van der Waals surface area contributed by atoms with Gasteiger partial charge in [-0.3, -0.25) is 4.79 Å². The summed E-state index contributed by atoms with van der Waals surface area (Å²) in [5, 5.41) is 5.73. The molecule has 1 amide bonds. The lowest BCUT2D eigenvalue weighted by atomic mass is 10.2. The number of carbonyl (C=O) groups is 1.